The van der Waals surface area contributed by atoms with Crippen LogP contribution in [0.15, 0.2) is 52.7 Å². The van der Waals surface area contributed by atoms with Crippen LogP contribution in [0.2, 0.25) is 0 Å². The summed E-state index contributed by atoms with van der Waals surface area (Å²) in [5.41, 5.74) is 1.98. The number of carbonyl (C=O) groups is 1. The molecule has 1 aliphatic heterocycles. The smallest absolute Gasteiger partial charge is 0.262 e. The highest BCUT2D eigenvalue weighted by atomic mass is 16.5. The van der Waals surface area contributed by atoms with E-state index in [0.717, 1.165) is 37.6 Å². The summed E-state index contributed by atoms with van der Waals surface area (Å²) in [6.07, 6.45) is 3.12. The van der Waals surface area contributed by atoms with E-state index in [9.17, 15) is 10.1 Å². The zero-order chi connectivity index (χ0) is 17.5. The van der Waals surface area contributed by atoms with Crippen molar-refractivity contribution in [3.63, 3.8) is 0 Å². The molecule has 1 saturated heterocycles. The summed E-state index contributed by atoms with van der Waals surface area (Å²) in [4.78, 5) is 14.4. The minimum absolute atomic E-state index is 0.0608. The molecule has 0 radical (unpaired) electrons. The van der Waals surface area contributed by atoms with E-state index in [4.69, 9.17) is 9.15 Å². The van der Waals surface area contributed by atoms with Crippen LogP contribution in [0, 0.1) is 11.3 Å². The molecule has 0 saturated carbocycles. The van der Waals surface area contributed by atoms with Gasteiger partial charge in [-0.1, -0.05) is 12.1 Å². The van der Waals surface area contributed by atoms with E-state index in [0.29, 0.717) is 5.76 Å². The average molecular weight is 337 g/mol. The topological polar surface area (TPSA) is 78.5 Å². The normalized spacial score (nSPS) is 14.8. The van der Waals surface area contributed by atoms with Crippen molar-refractivity contribution in [3.05, 3.63) is 59.6 Å². The van der Waals surface area contributed by atoms with E-state index in [1.807, 2.05) is 30.3 Å². The molecule has 0 aliphatic carbocycles. The van der Waals surface area contributed by atoms with Gasteiger partial charge in [-0.25, -0.2) is 0 Å². The van der Waals surface area contributed by atoms with Gasteiger partial charge in [0.2, 0.25) is 0 Å². The monoisotopic (exact) mass is 337 g/mol. The van der Waals surface area contributed by atoms with Gasteiger partial charge in [0.1, 0.15) is 17.4 Å². The molecule has 1 aromatic carbocycles. The molecule has 1 aromatic heterocycles. The second kappa shape index (κ2) is 8.18. The quantitative estimate of drug-likeness (QED) is 0.669. The maximum Gasteiger partial charge on any atom is 0.262 e. The number of furan rings is 1. The van der Waals surface area contributed by atoms with Gasteiger partial charge in [-0.2, -0.15) is 5.26 Å². The van der Waals surface area contributed by atoms with Gasteiger partial charge in [0.25, 0.3) is 5.91 Å². The van der Waals surface area contributed by atoms with Crippen molar-refractivity contribution in [2.24, 2.45) is 0 Å². The van der Waals surface area contributed by atoms with Crippen molar-refractivity contribution in [1.29, 1.82) is 5.26 Å². The van der Waals surface area contributed by atoms with E-state index in [2.05, 4.69) is 10.2 Å². The van der Waals surface area contributed by atoms with E-state index in [1.54, 1.807) is 24.5 Å². The van der Waals surface area contributed by atoms with Crippen molar-refractivity contribution in [1.82, 2.24) is 5.32 Å². The summed E-state index contributed by atoms with van der Waals surface area (Å²) in [6, 6.07) is 13.3. The van der Waals surface area contributed by atoms with Crippen LogP contribution in [-0.2, 0) is 16.1 Å². The van der Waals surface area contributed by atoms with E-state index in [1.165, 1.54) is 0 Å². The highest BCUT2D eigenvalue weighted by molar-refractivity contribution is 6.01. The van der Waals surface area contributed by atoms with Crippen LogP contribution in [0.4, 0.5) is 5.69 Å². The number of anilines is 1. The number of hydrogen-bond donors (Lipinski definition) is 1. The number of ether oxygens (including phenoxy) is 1. The lowest BCUT2D eigenvalue weighted by molar-refractivity contribution is -0.117. The Morgan fingerprint density at radius 1 is 1.24 bits per heavy atom. The maximum absolute atomic E-state index is 12.1. The molecule has 1 amide bonds. The predicted molar refractivity (Wildman–Crippen MR) is 93.6 cm³/mol. The van der Waals surface area contributed by atoms with Gasteiger partial charge in [0.15, 0.2) is 0 Å². The first-order chi connectivity index (χ1) is 12.3. The van der Waals surface area contributed by atoms with Gasteiger partial charge in [0, 0.05) is 18.8 Å². The van der Waals surface area contributed by atoms with Gasteiger partial charge in [-0.15, -0.1) is 0 Å². The largest absolute Gasteiger partial charge is 0.467 e. The molecule has 25 heavy (non-hydrogen) atoms. The molecule has 128 valence electrons. The van der Waals surface area contributed by atoms with Crippen LogP contribution >= 0.6 is 0 Å². The van der Waals surface area contributed by atoms with Crippen LogP contribution in [-0.4, -0.2) is 32.2 Å². The highest BCUT2D eigenvalue weighted by Gasteiger charge is 2.12. The second-order valence-corrected chi connectivity index (χ2v) is 5.62. The van der Waals surface area contributed by atoms with Gasteiger partial charge in [-0.05, 0) is 35.9 Å². The molecule has 6 nitrogen and oxygen atoms in total. The summed E-state index contributed by atoms with van der Waals surface area (Å²) in [5.74, 6) is 0.219. The van der Waals surface area contributed by atoms with Crippen molar-refractivity contribution >= 4 is 17.7 Å². The molecule has 1 N–H and O–H groups in total. The van der Waals surface area contributed by atoms with Crippen molar-refractivity contribution in [3.8, 4) is 6.07 Å². The maximum atomic E-state index is 12.1. The first-order valence-corrected chi connectivity index (χ1v) is 8.11. The number of nitrogens with zero attached hydrogens (tertiary/aromatic N) is 2. The standard InChI is InChI=1S/C19H19N3O3/c20-13-16(19(23)21-14-18-2-1-9-25-18)12-15-3-5-17(6-4-15)22-7-10-24-11-8-22/h1-6,9,12H,7-8,10-11,14H2,(H,21,23). The Balaban J connectivity index is 1.64. The number of morpholine rings is 1. The molecule has 0 unspecified atom stereocenters. The van der Waals surface area contributed by atoms with Crippen molar-refractivity contribution in [2.45, 2.75) is 6.54 Å². The molecule has 0 spiro atoms. The average Bonchev–Trinajstić information content (AvgIpc) is 3.19. The van der Waals surface area contributed by atoms with Gasteiger partial charge in [-0.3, -0.25) is 4.79 Å². The fourth-order valence-electron chi connectivity index (χ4n) is 2.59. The first kappa shape index (κ1) is 16.8. The molecule has 6 heteroatoms. The van der Waals surface area contributed by atoms with Crippen LogP contribution in [0.25, 0.3) is 6.08 Å². The zero-order valence-electron chi connectivity index (χ0n) is 13.8. The lowest BCUT2D eigenvalue weighted by atomic mass is 10.1. The Kier molecular flexibility index (Phi) is 5.50. The Labute approximate surface area is 146 Å². The highest BCUT2D eigenvalue weighted by Crippen LogP contribution is 2.18. The fourth-order valence-corrected chi connectivity index (χ4v) is 2.59. The Morgan fingerprint density at radius 2 is 2.00 bits per heavy atom. The van der Waals surface area contributed by atoms with Crippen molar-refractivity contribution < 1.29 is 13.9 Å². The van der Waals surface area contributed by atoms with Crippen LogP contribution < -0.4 is 10.2 Å². The minimum atomic E-state index is -0.420. The number of benzene rings is 1. The third-order valence-electron chi connectivity index (χ3n) is 3.95. The number of amides is 1. The molecule has 0 bridgehead atoms. The molecular weight excluding hydrogens is 318 g/mol. The van der Waals surface area contributed by atoms with E-state index >= 15 is 0 Å². The molecule has 1 aliphatic rings. The number of hydrogen-bond acceptors (Lipinski definition) is 5. The van der Waals surface area contributed by atoms with E-state index < -0.39 is 5.91 Å². The second-order valence-electron chi connectivity index (χ2n) is 5.62. The Morgan fingerprint density at radius 3 is 2.64 bits per heavy atom. The summed E-state index contributed by atoms with van der Waals surface area (Å²) in [7, 11) is 0. The third-order valence-corrected chi connectivity index (χ3v) is 3.95. The van der Waals surface area contributed by atoms with Gasteiger partial charge in [0.05, 0.1) is 26.0 Å². The number of rotatable bonds is 5. The Bertz CT molecular complexity index is 767. The summed E-state index contributed by atoms with van der Waals surface area (Å²) < 4.78 is 10.5. The Hall–Kier alpha value is -3.04. The molecule has 2 heterocycles. The molecule has 2 aromatic rings. The fraction of sp³-hybridized carbons (Fsp3) is 0.263. The number of nitrogens with one attached hydrogen (secondary N) is 1. The number of carbonyl (C=O) groups excluding carboxylic acids is 1. The van der Waals surface area contributed by atoms with Gasteiger partial charge >= 0.3 is 0 Å². The van der Waals surface area contributed by atoms with Crippen LogP contribution in [0.1, 0.15) is 11.3 Å². The lowest BCUT2D eigenvalue weighted by Gasteiger charge is -2.28. The molecule has 0 atom stereocenters. The predicted octanol–water partition coefficient (Wildman–Crippen LogP) is 2.34. The molecule has 3 rings (SSSR count). The van der Waals surface area contributed by atoms with Crippen LogP contribution in [0.5, 0.6) is 0 Å². The minimum Gasteiger partial charge on any atom is -0.467 e. The third kappa shape index (κ3) is 4.49. The van der Waals surface area contributed by atoms with Crippen molar-refractivity contribution in [2.75, 3.05) is 31.2 Å². The molecular formula is C19H19N3O3. The van der Waals surface area contributed by atoms with E-state index in [-0.39, 0.29) is 12.1 Å². The first-order valence-electron chi connectivity index (χ1n) is 8.11. The summed E-state index contributed by atoms with van der Waals surface area (Å²) in [6.45, 7) is 3.45. The number of nitriles is 1. The molecule has 1 fully saturated rings. The van der Waals surface area contributed by atoms with Gasteiger partial charge < -0.3 is 19.4 Å². The summed E-state index contributed by atoms with van der Waals surface area (Å²) in [5, 5.41) is 11.9. The van der Waals surface area contributed by atoms with Crippen LogP contribution in [0.3, 0.4) is 0 Å². The lowest BCUT2D eigenvalue weighted by Crippen LogP contribution is -2.36. The zero-order valence-corrected chi connectivity index (χ0v) is 13.8. The summed E-state index contributed by atoms with van der Waals surface area (Å²) >= 11 is 0. The SMILES string of the molecule is N#CC(=Cc1ccc(N2CCOCC2)cc1)C(=O)NCc1ccco1.